The van der Waals surface area contributed by atoms with Crippen LogP contribution >= 0.6 is 0 Å². The fraction of sp³-hybridized carbons (Fsp3) is 0.682. The zero-order valence-electron chi connectivity index (χ0n) is 19.4. The zero-order chi connectivity index (χ0) is 23.7. The van der Waals surface area contributed by atoms with Crippen LogP contribution in [0.25, 0.3) is 0 Å². The number of benzene rings is 1. The molecule has 32 heavy (non-hydrogen) atoms. The van der Waals surface area contributed by atoms with E-state index >= 15 is 0 Å². The molecule has 0 atom stereocenters. The minimum absolute atomic E-state index is 0.0460. The van der Waals surface area contributed by atoms with Gasteiger partial charge in [-0.05, 0) is 93.5 Å². The van der Waals surface area contributed by atoms with Crippen molar-refractivity contribution in [3.63, 3.8) is 0 Å². The molecule has 0 bridgehead atoms. The molecule has 0 unspecified atom stereocenters. The molecule has 1 aromatic rings. The number of hydrazine groups is 1. The van der Waals surface area contributed by atoms with Crippen molar-refractivity contribution in [1.29, 1.82) is 0 Å². The topological polar surface area (TPSA) is 175 Å². The number of amidine groups is 1. The van der Waals surface area contributed by atoms with E-state index in [9.17, 15) is 8.42 Å². The third-order valence-electron chi connectivity index (χ3n) is 6.58. The van der Waals surface area contributed by atoms with Gasteiger partial charge in [-0.3, -0.25) is 0 Å². The van der Waals surface area contributed by atoms with E-state index in [0.717, 1.165) is 57.2 Å². The maximum Gasteiger partial charge on any atom is 0.239 e. The van der Waals surface area contributed by atoms with Gasteiger partial charge in [0.25, 0.3) is 0 Å². The van der Waals surface area contributed by atoms with E-state index in [2.05, 4.69) is 16.0 Å². The van der Waals surface area contributed by atoms with Gasteiger partial charge in [0, 0.05) is 5.56 Å². The summed E-state index contributed by atoms with van der Waals surface area (Å²) in [5.74, 6) is 6.50. The van der Waals surface area contributed by atoms with Gasteiger partial charge in [-0.2, -0.15) is 0 Å². The van der Waals surface area contributed by atoms with Crippen LogP contribution in [0.3, 0.4) is 0 Å². The Morgan fingerprint density at radius 2 is 1.72 bits per heavy atom. The number of nitrogens with one attached hydrogen (secondary N) is 2. The highest BCUT2D eigenvalue weighted by Crippen LogP contribution is 2.39. The van der Waals surface area contributed by atoms with E-state index in [4.69, 9.17) is 22.4 Å². The number of primary sulfonamides is 1. The molecular weight excluding hydrogens is 426 g/mol. The van der Waals surface area contributed by atoms with Crippen molar-refractivity contribution in [1.82, 2.24) is 10.9 Å². The highest BCUT2D eigenvalue weighted by Gasteiger charge is 2.31. The molecule has 10 heteroatoms. The molecule has 1 heterocycles. The highest BCUT2D eigenvalue weighted by molar-refractivity contribution is 7.89. The molecule has 182 valence electrons. The second-order valence-electron chi connectivity index (χ2n) is 8.54. The molecule has 0 aromatic heterocycles. The molecule has 9 nitrogen and oxygen atoms in total. The second kappa shape index (κ2) is 12.5. The fourth-order valence-corrected chi connectivity index (χ4v) is 5.99. The van der Waals surface area contributed by atoms with Gasteiger partial charge in [-0.15, -0.1) is 5.10 Å². The molecule has 10 N–H and O–H groups in total. The van der Waals surface area contributed by atoms with E-state index in [1.54, 1.807) is 0 Å². The predicted molar refractivity (Wildman–Crippen MR) is 130 cm³/mol. The first-order chi connectivity index (χ1) is 15.3. The Kier molecular flexibility index (Phi) is 10.4. The summed E-state index contributed by atoms with van der Waals surface area (Å²) in [5, 5.41) is 13.0. The third-order valence-corrected chi connectivity index (χ3v) is 7.62. The molecule has 2 fully saturated rings. The number of hydrogen-bond donors (Lipinski definition) is 6. The zero-order valence-corrected chi connectivity index (χ0v) is 20.3. The second-order valence-corrected chi connectivity index (χ2v) is 10.0. The van der Waals surface area contributed by atoms with Crippen LogP contribution in [-0.2, 0) is 16.4 Å². The minimum atomic E-state index is -4.02. The number of rotatable bonds is 7. The van der Waals surface area contributed by atoms with Gasteiger partial charge in [0.15, 0.2) is 5.84 Å². The van der Waals surface area contributed by atoms with Crippen LogP contribution in [0.4, 0.5) is 0 Å². The van der Waals surface area contributed by atoms with Crippen molar-refractivity contribution < 1.29 is 8.42 Å². The Morgan fingerprint density at radius 3 is 2.25 bits per heavy atom. The smallest absolute Gasteiger partial charge is 0.239 e. The lowest BCUT2D eigenvalue weighted by Crippen LogP contribution is -2.31. The van der Waals surface area contributed by atoms with E-state index < -0.39 is 10.0 Å². The normalized spacial score (nSPS) is 22.7. The van der Waals surface area contributed by atoms with Crippen LogP contribution < -0.4 is 33.3 Å². The Balaban J connectivity index is 0.00000176. The van der Waals surface area contributed by atoms with Gasteiger partial charge in [-0.25, -0.2) is 24.9 Å². The van der Waals surface area contributed by atoms with E-state index in [1.165, 1.54) is 0 Å². The van der Waals surface area contributed by atoms with E-state index in [0.29, 0.717) is 35.9 Å². The SMILES string of the molecule is CC.NCC1CCC(c2ccc(CC3CCNCC3)c(S(N)(=O)=O)c2/C(N)=N/NN)CC1. The van der Waals surface area contributed by atoms with Crippen LogP contribution in [0.5, 0.6) is 0 Å². The standard InChI is InChI=1S/C20H35N7O2S.C2H6/c21-12-14-1-3-15(4-2-14)17-6-5-16(11-13-7-9-25-10-8-13)19(30(24,28)29)18(17)20(22)26-27-23;1-2/h5-6,13-15,25,27H,1-4,7-12,21,23H2,(H2,22,26)(H2,24,28,29);1-2H3. The van der Waals surface area contributed by atoms with Crippen molar-refractivity contribution in [2.75, 3.05) is 19.6 Å². The molecule has 1 saturated heterocycles. The molecule has 3 rings (SSSR count). The molecular formula is C22H41N7O2S. The quantitative estimate of drug-likeness (QED) is 0.151. The monoisotopic (exact) mass is 467 g/mol. The number of sulfonamides is 1. The average Bonchev–Trinajstić information content (AvgIpc) is 2.80. The molecule has 1 saturated carbocycles. The molecule has 1 aliphatic carbocycles. The van der Waals surface area contributed by atoms with Crippen molar-refractivity contribution in [2.24, 2.45) is 39.4 Å². The van der Waals surface area contributed by atoms with Crippen LogP contribution in [-0.4, -0.2) is 33.9 Å². The lowest BCUT2D eigenvalue weighted by atomic mass is 9.76. The van der Waals surface area contributed by atoms with Crippen LogP contribution in [0.1, 0.15) is 75.0 Å². The lowest BCUT2D eigenvalue weighted by Gasteiger charge is -2.30. The fourth-order valence-electron chi connectivity index (χ4n) is 4.96. The molecule has 0 amide bonds. The lowest BCUT2D eigenvalue weighted by molar-refractivity contribution is 0.332. The molecule has 1 aliphatic heterocycles. The Morgan fingerprint density at radius 1 is 1.09 bits per heavy atom. The van der Waals surface area contributed by atoms with Gasteiger partial charge in [0.2, 0.25) is 10.0 Å². The average molecular weight is 468 g/mol. The highest BCUT2D eigenvalue weighted by atomic mass is 32.2. The number of hydrogen-bond acceptors (Lipinski definition) is 7. The maximum atomic E-state index is 12.7. The number of nitrogens with two attached hydrogens (primary N) is 4. The first-order valence-electron chi connectivity index (χ1n) is 11.7. The molecule has 0 spiro atoms. The summed E-state index contributed by atoms with van der Waals surface area (Å²) in [6.07, 6.45) is 6.51. The summed E-state index contributed by atoms with van der Waals surface area (Å²) < 4.78 is 25.5. The number of hydrazone groups is 1. The first-order valence-corrected chi connectivity index (χ1v) is 13.3. The van der Waals surface area contributed by atoms with Crippen molar-refractivity contribution in [2.45, 2.75) is 69.6 Å². The summed E-state index contributed by atoms with van der Waals surface area (Å²) in [6.45, 7) is 6.55. The Hall–Kier alpha value is -1.72. The van der Waals surface area contributed by atoms with Crippen molar-refractivity contribution in [3.8, 4) is 0 Å². The minimum Gasteiger partial charge on any atom is -0.382 e. The van der Waals surface area contributed by atoms with Crippen LogP contribution in [0, 0.1) is 11.8 Å². The summed E-state index contributed by atoms with van der Waals surface area (Å²) in [7, 11) is -4.02. The van der Waals surface area contributed by atoms with Crippen LogP contribution in [0.15, 0.2) is 22.1 Å². The van der Waals surface area contributed by atoms with Gasteiger partial charge in [0.1, 0.15) is 0 Å². The van der Waals surface area contributed by atoms with Crippen molar-refractivity contribution in [3.05, 3.63) is 28.8 Å². The van der Waals surface area contributed by atoms with Gasteiger partial charge >= 0.3 is 0 Å². The van der Waals surface area contributed by atoms with Gasteiger partial charge in [-0.1, -0.05) is 26.0 Å². The van der Waals surface area contributed by atoms with Crippen molar-refractivity contribution >= 4 is 15.9 Å². The van der Waals surface area contributed by atoms with Gasteiger partial charge in [0.05, 0.1) is 4.90 Å². The predicted octanol–water partition coefficient (Wildman–Crippen LogP) is 1.22. The molecule has 2 aliphatic rings. The Bertz CT molecular complexity index is 859. The first kappa shape index (κ1) is 26.5. The molecule has 0 radical (unpaired) electrons. The summed E-state index contributed by atoms with van der Waals surface area (Å²) in [6, 6.07) is 3.92. The maximum absolute atomic E-state index is 12.7. The number of nitrogens with zero attached hydrogens (tertiary/aromatic N) is 1. The summed E-state index contributed by atoms with van der Waals surface area (Å²) in [4.78, 5) is 0.0935. The largest absolute Gasteiger partial charge is 0.382 e. The number of piperidine rings is 1. The third kappa shape index (κ3) is 6.64. The summed E-state index contributed by atoms with van der Waals surface area (Å²) >= 11 is 0. The van der Waals surface area contributed by atoms with E-state index in [-0.39, 0.29) is 16.6 Å². The molecule has 1 aromatic carbocycles. The van der Waals surface area contributed by atoms with E-state index in [1.807, 2.05) is 26.0 Å². The Labute approximate surface area is 192 Å². The van der Waals surface area contributed by atoms with Crippen LogP contribution in [0.2, 0.25) is 0 Å². The van der Waals surface area contributed by atoms with Gasteiger partial charge < -0.3 is 16.8 Å². The summed E-state index contributed by atoms with van der Waals surface area (Å²) in [5.41, 5.74) is 16.2.